The molecule has 0 N–H and O–H groups in total. The third kappa shape index (κ3) is 7.61. The van der Waals surface area contributed by atoms with Crippen molar-refractivity contribution in [3.05, 3.63) is 24.3 Å². The molecule has 2 rings (SSSR count). The van der Waals surface area contributed by atoms with Gasteiger partial charge >= 0.3 is 5.97 Å². The van der Waals surface area contributed by atoms with E-state index in [1.165, 1.54) is 64.2 Å². The normalized spacial score (nSPS) is 27.8. The maximum Gasteiger partial charge on any atom is 0.305 e. The van der Waals surface area contributed by atoms with E-state index in [1.54, 1.807) is 0 Å². The second-order valence-corrected chi connectivity index (χ2v) is 10.1. The number of hydrogen-bond acceptors (Lipinski definition) is 3. The fourth-order valence-electron chi connectivity index (χ4n) is 5.24. The third-order valence-electron chi connectivity index (χ3n) is 6.73. The molecule has 3 heteroatoms. The number of unbranched alkanes of at least 4 members (excludes halogenated alkanes) is 3. The van der Waals surface area contributed by atoms with Gasteiger partial charge in [0, 0.05) is 11.7 Å². The van der Waals surface area contributed by atoms with Crippen LogP contribution in [0.5, 0.6) is 0 Å². The van der Waals surface area contributed by atoms with Crippen molar-refractivity contribution in [2.45, 2.75) is 89.7 Å². The van der Waals surface area contributed by atoms with E-state index in [1.807, 2.05) is 0 Å². The zero-order valence-electron chi connectivity index (χ0n) is 18.4. The Balaban J connectivity index is 1.82. The predicted octanol–water partition coefficient (Wildman–Crippen LogP) is 7.20. The molecule has 28 heavy (non-hydrogen) atoms. The van der Waals surface area contributed by atoms with Gasteiger partial charge in [0.05, 0.1) is 7.11 Å². The van der Waals surface area contributed by atoms with Crippen molar-refractivity contribution in [2.24, 2.45) is 23.7 Å². The second kappa shape index (κ2) is 13.5. The van der Waals surface area contributed by atoms with Crippen LogP contribution < -0.4 is 0 Å². The summed E-state index contributed by atoms with van der Waals surface area (Å²) in [5, 5.41) is 0.713. The summed E-state index contributed by atoms with van der Waals surface area (Å²) in [6.45, 7) is 4.58. The van der Waals surface area contributed by atoms with E-state index in [0.29, 0.717) is 11.7 Å². The summed E-state index contributed by atoms with van der Waals surface area (Å²) in [4.78, 5) is 11.2. The summed E-state index contributed by atoms with van der Waals surface area (Å²) < 4.78 is 4.71. The zero-order chi connectivity index (χ0) is 20.2. The fourth-order valence-corrected chi connectivity index (χ4v) is 6.20. The van der Waals surface area contributed by atoms with Gasteiger partial charge in [0.25, 0.3) is 0 Å². The van der Waals surface area contributed by atoms with Gasteiger partial charge in [-0.3, -0.25) is 4.79 Å². The summed E-state index contributed by atoms with van der Waals surface area (Å²) in [7, 11) is 1.47. The number of esters is 1. The van der Waals surface area contributed by atoms with E-state index >= 15 is 0 Å². The van der Waals surface area contributed by atoms with Crippen molar-refractivity contribution < 1.29 is 9.53 Å². The molecule has 0 spiro atoms. The highest BCUT2D eigenvalue weighted by atomic mass is 32.2. The van der Waals surface area contributed by atoms with Crippen LogP contribution in [-0.4, -0.2) is 24.1 Å². The van der Waals surface area contributed by atoms with Crippen molar-refractivity contribution in [3.8, 4) is 0 Å². The number of fused-ring (bicyclic) bond motifs is 2. The Bertz CT molecular complexity index is 499. The molecule has 0 aromatic rings. The number of rotatable bonds is 14. The van der Waals surface area contributed by atoms with E-state index < -0.39 is 0 Å². The first-order valence-electron chi connectivity index (χ1n) is 11.7. The average Bonchev–Trinajstić information content (AvgIpc) is 3.30. The fraction of sp³-hybridized carbons (Fsp3) is 0.800. The van der Waals surface area contributed by atoms with Gasteiger partial charge in [0.1, 0.15) is 0 Å². The first-order chi connectivity index (χ1) is 13.7. The van der Waals surface area contributed by atoms with Crippen molar-refractivity contribution in [1.82, 2.24) is 0 Å². The molecule has 2 nitrogen and oxygen atoms in total. The lowest BCUT2D eigenvalue weighted by molar-refractivity contribution is -0.140. The van der Waals surface area contributed by atoms with Gasteiger partial charge in [-0.1, -0.05) is 57.4 Å². The molecule has 160 valence electrons. The van der Waals surface area contributed by atoms with Crippen molar-refractivity contribution >= 4 is 17.7 Å². The monoisotopic (exact) mass is 406 g/mol. The summed E-state index contributed by atoms with van der Waals surface area (Å²) in [6, 6.07) is 0. The largest absolute Gasteiger partial charge is 0.469 e. The first kappa shape index (κ1) is 23.6. The lowest BCUT2D eigenvalue weighted by atomic mass is 9.77. The van der Waals surface area contributed by atoms with Crippen LogP contribution in [0, 0.1) is 23.7 Å². The van der Waals surface area contributed by atoms with Gasteiger partial charge in [-0.05, 0) is 74.4 Å². The Labute approximate surface area is 178 Å². The summed E-state index contributed by atoms with van der Waals surface area (Å²) in [5.74, 6) is 4.64. The van der Waals surface area contributed by atoms with Crippen molar-refractivity contribution in [3.63, 3.8) is 0 Å². The first-order valence-corrected chi connectivity index (χ1v) is 12.8. The summed E-state index contributed by atoms with van der Waals surface area (Å²) in [5.41, 5.74) is 0. The predicted molar refractivity (Wildman–Crippen MR) is 123 cm³/mol. The molecule has 0 heterocycles. The number of hydrogen-bond donors (Lipinski definition) is 0. The van der Waals surface area contributed by atoms with Crippen LogP contribution in [0.2, 0.25) is 0 Å². The molecule has 2 fully saturated rings. The van der Waals surface area contributed by atoms with Crippen molar-refractivity contribution in [1.29, 1.82) is 0 Å². The van der Waals surface area contributed by atoms with E-state index in [4.69, 9.17) is 4.74 Å². The molecule has 2 bridgehead atoms. The maximum absolute atomic E-state index is 11.2. The highest BCUT2D eigenvalue weighted by Crippen LogP contribution is 2.54. The number of thioether (sulfide) groups is 1. The second-order valence-electron chi connectivity index (χ2n) is 8.62. The number of methoxy groups -OCH3 is 1. The van der Waals surface area contributed by atoms with Gasteiger partial charge in [0.15, 0.2) is 0 Å². The SMILES string of the molecule is CCCCC[C@@H](/C=C/[C@@H]1[C@H]2CC[C@H](C2)[C@H]1C/C=C\CCCC(=O)OC)SCC. The average molecular weight is 407 g/mol. The molecule has 5 atom stereocenters. The van der Waals surface area contributed by atoms with Gasteiger partial charge in [-0.15, -0.1) is 0 Å². The Morgan fingerprint density at radius 1 is 1.14 bits per heavy atom. The molecule has 0 aliphatic heterocycles. The number of carbonyl (C=O) groups excluding carboxylic acids is 1. The Morgan fingerprint density at radius 3 is 2.71 bits per heavy atom. The Hall–Kier alpha value is -0.700. The molecule has 2 aliphatic carbocycles. The highest BCUT2D eigenvalue weighted by molar-refractivity contribution is 8.00. The van der Waals surface area contributed by atoms with Crippen LogP contribution >= 0.6 is 11.8 Å². The standard InChI is InChI=1S/C25H42O2S/c1-4-6-9-12-22(28-5-2)17-18-24-21-16-15-20(19-21)23(24)13-10-7-8-11-14-25(26)27-3/h7,10,17-18,20-24H,4-6,8-9,11-16,19H2,1-3H3/b10-7-,18-17+/t20-,21+,22+,23-,24-/m1/s1. The molecular weight excluding hydrogens is 364 g/mol. The molecule has 0 saturated heterocycles. The minimum atomic E-state index is -0.0925. The van der Waals surface area contributed by atoms with E-state index in [-0.39, 0.29) is 5.97 Å². The maximum atomic E-state index is 11.2. The van der Waals surface area contributed by atoms with Crippen molar-refractivity contribution in [2.75, 3.05) is 12.9 Å². The quantitative estimate of drug-likeness (QED) is 0.173. The molecule has 0 aromatic carbocycles. The Morgan fingerprint density at radius 2 is 1.96 bits per heavy atom. The Kier molecular flexibility index (Phi) is 11.4. The van der Waals surface area contributed by atoms with Gasteiger partial charge < -0.3 is 4.74 Å². The molecule has 2 aliphatic rings. The van der Waals surface area contributed by atoms with Gasteiger partial charge in [0.2, 0.25) is 0 Å². The van der Waals surface area contributed by atoms with Crippen LogP contribution in [0.15, 0.2) is 24.3 Å². The minimum Gasteiger partial charge on any atom is -0.469 e. The molecule has 0 radical (unpaired) electrons. The van der Waals surface area contributed by atoms with E-state index in [0.717, 1.165) is 36.5 Å². The number of carbonyl (C=O) groups is 1. The van der Waals surface area contributed by atoms with Crippen LogP contribution in [0.4, 0.5) is 0 Å². The third-order valence-corrected chi connectivity index (χ3v) is 7.89. The van der Waals surface area contributed by atoms with Crippen LogP contribution in [-0.2, 0) is 9.53 Å². The van der Waals surface area contributed by atoms with E-state index in [9.17, 15) is 4.79 Å². The minimum absolute atomic E-state index is 0.0925. The molecule has 2 saturated carbocycles. The molecule has 0 aromatic heterocycles. The van der Waals surface area contributed by atoms with Crippen LogP contribution in [0.25, 0.3) is 0 Å². The lowest BCUT2D eigenvalue weighted by Gasteiger charge is -2.28. The molecule has 0 amide bonds. The molecule has 0 unspecified atom stereocenters. The smallest absolute Gasteiger partial charge is 0.305 e. The topological polar surface area (TPSA) is 26.3 Å². The van der Waals surface area contributed by atoms with Gasteiger partial charge in [-0.25, -0.2) is 0 Å². The highest BCUT2D eigenvalue weighted by Gasteiger charge is 2.45. The summed E-state index contributed by atoms with van der Waals surface area (Å²) in [6.07, 6.45) is 23.3. The zero-order valence-corrected chi connectivity index (χ0v) is 19.2. The summed E-state index contributed by atoms with van der Waals surface area (Å²) >= 11 is 2.12. The number of allylic oxidation sites excluding steroid dienone is 3. The van der Waals surface area contributed by atoms with E-state index in [2.05, 4.69) is 49.9 Å². The van der Waals surface area contributed by atoms with Crippen LogP contribution in [0.3, 0.4) is 0 Å². The molecular formula is C25H42O2S. The van der Waals surface area contributed by atoms with Crippen LogP contribution in [0.1, 0.15) is 84.5 Å². The van der Waals surface area contributed by atoms with Gasteiger partial charge in [-0.2, -0.15) is 11.8 Å². The number of ether oxygens (including phenoxy) is 1. The lowest BCUT2D eigenvalue weighted by Crippen LogP contribution is -2.20.